The van der Waals surface area contributed by atoms with E-state index in [-0.39, 0.29) is 38.9 Å². The molecule has 0 aliphatic heterocycles. The number of anilines is 2. The third-order valence-corrected chi connectivity index (χ3v) is 13.0. The molecule has 54 heavy (non-hydrogen) atoms. The molecule has 3 fully saturated rings. The standard InChI is InChI=1S/C31H58N2.2C9H12N.Y/c1-20(2)25-16-12-17-26(21(3)4)29(25)32-31(24-14-10-9-11-15-24)33-30-27(22(5)6)18-13-19-28(30)23(7)8;2*1-8-6-4-5-7-9(8)10(2)3;/h20-31H,9-19H2,1-8H3;2*4-7H,1H2,2-3H3;/q-2;2*-1;. The van der Waals surface area contributed by atoms with Crippen LogP contribution in [0.2, 0.25) is 0 Å². The fourth-order valence-corrected chi connectivity index (χ4v) is 9.81. The van der Waals surface area contributed by atoms with Crippen LogP contribution in [0.3, 0.4) is 0 Å². The van der Waals surface area contributed by atoms with Crippen molar-refractivity contribution in [3.8, 4) is 0 Å². The van der Waals surface area contributed by atoms with E-state index >= 15 is 0 Å². The number of nitrogens with zero attached hydrogens (tertiary/aromatic N) is 4. The average molecular weight is 816 g/mol. The largest absolute Gasteiger partial charge is 0.674 e. The van der Waals surface area contributed by atoms with Crippen LogP contribution >= 0.6 is 0 Å². The monoisotopic (exact) mass is 816 g/mol. The smallest absolute Gasteiger partial charge is 0 e. The van der Waals surface area contributed by atoms with Gasteiger partial charge in [0.05, 0.1) is 0 Å². The zero-order valence-corrected chi connectivity index (χ0v) is 39.9. The summed E-state index contributed by atoms with van der Waals surface area (Å²) in [6, 6.07) is 17.2. The molecule has 305 valence electrons. The minimum Gasteiger partial charge on any atom is -0.674 e. The molecule has 0 amide bonds. The summed E-state index contributed by atoms with van der Waals surface area (Å²) in [4.78, 5) is 4.12. The van der Waals surface area contributed by atoms with E-state index in [1.54, 1.807) is 0 Å². The number of rotatable bonds is 11. The van der Waals surface area contributed by atoms with Gasteiger partial charge in [-0.1, -0.05) is 191 Å². The summed E-state index contributed by atoms with van der Waals surface area (Å²) in [6.45, 7) is 27.4. The second kappa shape index (κ2) is 24.5. The maximum absolute atomic E-state index is 5.88. The Balaban J connectivity index is 0.000000389. The average Bonchev–Trinajstić information content (AvgIpc) is 3.12. The third-order valence-electron chi connectivity index (χ3n) is 13.0. The molecule has 0 aromatic heterocycles. The van der Waals surface area contributed by atoms with Crippen LogP contribution in [0.1, 0.15) is 137 Å². The van der Waals surface area contributed by atoms with Gasteiger partial charge in [0.25, 0.3) is 0 Å². The molecule has 5 rings (SSSR count). The van der Waals surface area contributed by atoms with Gasteiger partial charge in [0, 0.05) is 32.7 Å². The van der Waals surface area contributed by atoms with E-state index in [0.29, 0.717) is 18.0 Å². The summed E-state index contributed by atoms with van der Waals surface area (Å²) in [5, 5.41) is 11.8. The van der Waals surface area contributed by atoms with Gasteiger partial charge < -0.3 is 20.4 Å². The summed E-state index contributed by atoms with van der Waals surface area (Å²) < 4.78 is 0. The van der Waals surface area contributed by atoms with Crippen molar-refractivity contribution in [2.45, 2.75) is 144 Å². The Bertz CT molecular complexity index is 1160. The van der Waals surface area contributed by atoms with Crippen LogP contribution in [0.5, 0.6) is 0 Å². The van der Waals surface area contributed by atoms with Crippen molar-refractivity contribution in [3.63, 3.8) is 0 Å². The van der Waals surface area contributed by atoms with E-state index in [4.69, 9.17) is 10.6 Å². The van der Waals surface area contributed by atoms with E-state index in [9.17, 15) is 0 Å². The van der Waals surface area contributed by atoms with Crippen LogP contribution in [0.4, 0.5) is 11.4 Å². The molecule has 0 bridgehead atoms. The molecule has 5 heteroatoms. The SMILES string of the molecule is CC(C)C1CCCC(C(C)C)C1[N-]C([N-]C1C(C(C)C)CCCC1C(C)C)C1CCCCC1.[CH2-]c1ccccc1N(C)C.[CH2-]c1ccccc1N(C)C.[Y]. The minimum atomic E-state index is 0. The van der Waals surface area contributed by atoms with E-state index < -0.39 is 0 Å². The first-order chi connectivity index (χ1) is 25.1. The predicted octanol–water partition coefficient (Wildman–Crippen LogP) is 13.7. The fourth-order valence-electron chi connectivity index (χ4n) is 9.81. The number of hydrogen-bond acceptors (Lipinski definition) is 2. The first-order valence-electron chi connectivity index (χ1n) is 21.7. The molecule has 4 unspecified atom stereocenters. The fraction of sp³-hybridized carbons (Fsp3) is 0.714. The molecule has 0 spiro atoms. The van der Waals surface area contributed by atoms with Crippen LogP contribution in [-0.4, -0.2) is 46.4 Å². The number of benzene rings is 2. The molecule has 0 heterocycles. The molecule has 3 aliphatic rings. The Morgan fingerprint density at radius 2 is 0.796 bits per heavy atom. The Kier molecular flexibility index (Phi) is 22.3. The zero-order chi connectivity index (χ0) is 39.2. The normalized spacial score (nSPS) is 25.3. The van der Waals surface area contributed by atoms with Crippen molar-refractivity contribution in [2.24, 2.45) is 53.3 Å². The van der Waals surface area contributed by atoms with Gasteiger partial charge in [-0.3, -0.25) is 0 Å². The molecule has 3 aliphatic carbocycles. The van der Waals surface area contributed by atoms with E-state index in [1.807, 2.05) is 64.6 Å². The zero-order valence-electron chi connectivity index (χ0n) is 37.1. The quantitative estimate of drug-likeness (QED) is 0.212. The Morgan fingerprint density at radius 3 is 1.06 bits per heavy atom. The molecule has 2 aromatic rings. The molecule has 4 atom stereocenters. The van der Waals surface area contributed by atoms with Crippen LogP contribution in [0, 0.1) is 67.1 Å². The van der Waals surface area contributed by atoms with Gasteiger partial charge >= 0.3 is 0 Å². The van der Waals surface area contributed by atoms with Crippen molar-refractivity contribution in [1.29, 1.82) is 0 Å². The Hall–Kier alpha value is -1.20. The predicted molar refractivity (Wildman–Crippen MR) is 236 cm³/mol. The van der Waals surface area contributed by atoms with Crippen molar-refractivity contribution in [3.05, 3.63) is 84.1 Å². The van der Waals surface area contributed by atoms with Gasteiger partial charge in [-0.05, 0) is 51.9 Å². The van der Waals surface area contributed by atoms with Crippen LogP contribution in [0.15, 0.2) is 48.5 Å². The van der Waals surface area contributed by atoms with E-state index in [1.165, 1.54) is 82.0 Å². The summed E-state index contributed by atoms with van der Waals surface area (Å²) in [5.74, 6) is 6.62. The van der Waals surface area contributed by atoms with Crippen molar-refractivity contribution >= 4 is 11.4 Å². The molecular formula is C49H82N4Y-4. The number of para-hydroxylation sites is 2. The summed E-state index contributed by atoms with van der Waals surface area (Å²) in [5.41, 5.74) is 4.52. The summed E-state index contributed by atoms with van der Waals surface area (Å²) in [6.07, 6.45) is 15.5. The maximum Gasteiger partial charge on any atom is 0 e. The first-order valence-corrected chi connectivity index (χ1v) is 21.7. The first kappa shape index (κ1) is 49.0. The number of hydrogen-bond donors (Lipinski definition) is 0. The molecule has 3 saturated carbocycles. The van der Waals surface area contributed by atoms with Crippen LogP contribution < -0.4 is 9.80 Å². The molecule has 0 N–H and O–H groups in total. The van der Waals surface area contributed by atoms with Gasteiger partial charge in [0.1, 0.15) is 0 Å². The second-order valence-electron chi connectivity index (χ2n) is 18.6. The van der Waals surface area contributed by atoms with Gasteiger partial charge in [-0.25, -0.2) is 6.17 Å². The van der Waals surface area contributed by atoms with Gasteiger partial charge in [0.2, 0.25) is 0 Å². The molecule has 4 nitrogen and oxygen atoms in total. The summed E-state index contributed by atoms with van der Waals surface area (Å²) in [7, 11) is 8.07. The molecule has 2 aromatic carbocycles. The molecular weight excluding hydrogens is 733 g/mol. The summed E-state index contributed by atoms with van der Waals surface area (Å²) >= 11 is 0. The second-order valence-corrected chi connectivity index (χ2v) is 18.6. The maximum atomic E-state index is 5.88. The van der Waals surface area contributed by atoms with Crippen LogP contribution in [-0.2, 0) is 32.7 Å². The Labute approximate surface area is 361 Å². The van der Waals surface area contributed by atoms with E-state index in [0.717, 1.165) is 58.5 Å². The van der Waals surface area contributed by atoms with Crippen molar-refractivity contribution < 1.29 is 32.7 Å². The third kappa shape index (κ3) is 14.6. The van der Waals surface area contributed by atoms with Crippen molar-refractivity contribution in [1.82, 2.24) is 0 Å². The van der Waals surface area contributed by atoms with Crippen molar-refractivity contribution in [2.75, 3.05) is 38.0 Å². The van der Waals surface area contributed by atoms with Gasteiger partial charge in [0.15, 0.2) is 0 Å². The van der Waals surface area contributed by atoms with E-state index in [2.05, 4.69) is 91.2 Å². The van der Waals surface area contributed by atoms with Gasteiger partial charge in [-0.15, -0.1) is 24.2 Å². The molecule has 0 saturated heterocycles. The Morgan fingerprint density at radius 1 is 0.481 bits per heavy atom. The topological polar surface area (TPSA) is 34.7 Å². The van der Waals surface area contributed by atoms with Crippen LogP contribution in [0.25, 0.3) is 10.6 Å². The minimum absolute atomic E-state index is 0. The van der Waals surface area contributed by atoms with Gasteiger partial charge in [-0.2, -0.15) is 37.1 Å². The molecule has 1 radical (unpaired) electrons.